The van der Waals surface area contributed by atoms with E-state index in [0.717, 1.165) is 23.5 Å². The van der Waals surface area contributed by atoms with E-state index in [1.807, 2.05) is 18.3 Å². The van der Waals surface area contributed by atoms with Crippen molar-refractivity contribution in [1.29, 1.82) is 0 Å². The Kier molecular flexibility index (Phi) is 2.92. The van der Waals surface area contributed by atoms with E-state index in [2.05, 4.69) is 47.4 Å². The molecule has 86 valence electrons. The molecule has 2 rings (SSSR count). The number of nitrogens with zero attached hydrogens (tertiary/aromatic N) is 4. The largest absolute Gasteiger partial charge is 0.309 e. The molecule has 0 aliphatic rings. The molecular weight excluding hydrogens is 200 g/mol. The van der Waals surface area contributed by atoms with Crippen LogP contribution in [0.2, 0.25) is 0 Å². The molecule has 2 heterocycles. The second kappa shape index (κ2) is 4.22. The SMILES string of the molecule is CC(C)n1c(CN(C)C)nc2cccnc21. The summed E-state index contributed by atoms with van der Waals surface area (Å²) in [5, 5.41) is 0. The first-order chi connectivity index (χ1) is 7.59. The van der Waals surface area contributed by atoms with Crippen LogP contribution < -0.4 is 0 Å². The minimum atomic E-state index is 0.384. The van der Waals surface area contributed by atoms with Crippen LogP contribution in [0.25, 0.3) is 11.2 Å². The van der Waals surface area contributed by atoms with Crippen molar-refractivity contribution in [3.05, 3.63) is 24.2 Å². The van der Waals surface area contributed by atoms with Crippen molar-refractivity contribution in [3.8, 4) is 0 Å². The highest BCUT2D eigenvalue weighted by Crippen LogP contribution is 2.19. The van der Waals surface area contributed by atoms with E-state index < -0.39 is 0 Å². The summed E-state index contributed by atoms with van der Waals surface area (Å²) in [4.78, 5) is 11.2. The van der Waals surface area contributed by atoms with Gasteiger partial charge in [-0.3, -0.25) is 0 Å². The van der Waals surface area contributed by atoms with Gasteiger partial charge in [-0.2, -0.15) is 0 Å². The molecule has 0 aliphatic carbocycles. The van der Waals surface area contributed by atoms with Crippen LogP contribution in [0.4, 0.5) is 0 Å². The summed E-state index contributed by atoms with van der Waals surface area (Å²) >= 11 is 0. The predicted octanol–water partition coefficient (Wildman–Crippen LogP) is 2.07. The Morgan fingerprint density at radius 3 is 2.75 bits per heavy atom. The van der Waals surface area contributed by atoms with Gasteiger partial charge in [0.05, 0.1) is 6.54 Å². The van der Waals surface area contributed by atoms with Gasteiger partial charge in [0.1, 0.15) is 11.3 Å². The van der Waals surface area contributed by atoms with Crippen molar-refractivity contribution in [2.24, 2.45) is 0 Å². The first-order valence-corrected chi connectivity index (χ1v) is 5.56. The highest BCUT2D eigenvalue weighted by molar-refractivity contribution is 5.71. The van der Waals surface area contributed by atoms with Gasteiger partial charge in [-0.15, -0.1) is 0 Å². The molecule has 0 aromatic carbocycles. The van der Waals surface area contributed by atoms with Crippen LogP contribution in [-0.2, 0) is 6.54 Å². The van der Waals surface area contributed by atoms with Gasteiger partial charge < -0.3 is 9.47 Å². The lowest BCUT2D eigenvalue weighted by molar-refractivity contribution is 0.376. The first-order valence-electron chi connectivity index (χ1n) is 5.56. The van der Waals surface area contributed by atoms with Crippen LogP contribution >= 0.6 is 0 Å². The third-order valence-electron chi connectivity index (χ3n) is 2.50. The van der Waals surface area contributed by atoms with Gasteiger partial charge in [-0.05, 0) is 40.1 Å². The fourth-order valence-corrected chi connectivity index (χ4v) is 1.91. The number of hydrogen-bond acceptors (Lipinski definition) is 3. The maximum Gasteiger partial charge on any atom is 0.160 e. The molecule has 0 bridgehead atoms. The maximum absolute atomic E-state index is 4.63. The summed E-state index contributed by atoms with van der Waals surface area (Å²) in [6.45, 7) is 5.17. The second-order valence-electron chi connectivity index (χ2n) is 4.58. The Labute approximate surface area is 95.9 Å². The summed E-state index contributed by atoms with van der Waals surface area (Å²) in [6.07, 6.45) is 1.82. The molecule has 0 N–H and O–H groups in total. The lowest BCUT2D eigenvalue weighted by atomic mass is 10.3. The average Bonchev–Trinajstić information content (AvgIpc) is 2.53. The Morgan fingerprint density at radius 2 is 2.12 bits per heavy atom. The van der Waals surface area contributed by atoms with Crippen LogP contribution in [0, 0.1) is 0 Å². The molecule has 2 aromatic rings. The quantitative estimate of drug-likeness (QED) is 0.791. The fraction of sp³-hybridized carbons (Fsp3) is 0.500. The second-order valence-corrected chi connectivity index (χ2v) is 4.58. The van der Waals surface area contributed by atoms with Crippen molar-refractivity contribution in [2.75, 3.05) is 14.1 Å². The van der Waals surface area contributed by atoms with Gasteiger partial charge in [0.15, 0.2) is 5.65 Å². The van der Waals surface area contributed by atoms with E-state index in [4.69, 9.17) is 0 Å². The number of rotatable bonds is 3. The lowest BCUT2D eigenvalue weighted by Gasteiger charge is -2.14. The zero-order valence-electron chi connectivity index (χ0n) is 10.3. The molecule has 2 aromatic heterocycles. The molecular formula is C12H18N4. The zero-order chi connectivity index (χ0) is 11.7. The van der Waals surface area contributed by atoms with Crippen molar-refractivity contribution in [2.45, 2.75) is 26.4 Å². The molecule has 0 saturated heterocycles. The lowest BCUT2D eigenvalue weighted by Crippen LogP contribution is -2.16. The molecule has 0 unspecified atom stereocenters. The third-order valence-corrected chi connectivity index (χ3v) is 2.50. The normalized spacial score (nSPS) is 11.9. The average molecular weight is 218 g/mol. The van der Waals surface area contributed by atoms with Crippen molar-refractivity contribution >= 4 is 11.2 Å². The smallest absolute Gasteiger partial charge is 0.160 e. The topological polar surface area (TPSA) is 34.0 Å². The Bertz CT molecular complexity index is 485. The summed E-state index contributed by atoms with van der Waals surface area (Å²) < 4.78 is 2.20. The standard InChI is InChI=1S/C12H18N4/c1-9(2)16-11(8-15(3)4)14-10-6-5-7-13-12(10)16/h5-7,9H,8H2,1-4H3. The Morgan fingerprint density at radius 1 is 1.38 bits per heavy atom. The first kappa shape index (κ1) is 11.1. The summed E-state index contributed by atoms with van der Waals surface area (Å²) in [5.41, 5.74) is 1.96. The van der Waals surface area contributed by atoms with Crippen molar-refractivity contribution in [3.63, 3.8) is 0 Å². The molecule has 0 fully saturated rings. The molecule has 0 spiro atoms. The minimum Gasteiger partial charge on any atom is -0.309 e. The predicted molar refractivity (Wildman–Crippen MR) is 65.3 cm³/mol. The van der Waals surface area contributed by atoms with Gasteiger partial charge in [-0.1, -0.05) is 0 Å². The Hall–Kier alpha value is -1.42. The molecule has 0 radical (unpaired) electrons. The molecule has 0 saturated carbocycles. The van der Waals surface area contributed by atoms with Gasteiger partial charge in [-0.25, -0.2) is 9.97 Å². The van der Waals surface area contributed by atoms with Crippen LogP contribution in [0.1, 0.15) is 25.7 Å². The van der Waals surface area contributed by atoms with Crippen LogP contribution in [-0.4, -0.2) is 33.5 Å². The summed E-state index contributed by atoms with van der Waals surface area (Å²) in [7, 11) is 4.11. The molecule has 16 heavy (non-hydrogen) atoms. The number of imidazole rings is 1. The van der Waals surface area contributed by atoms with Crippen LogP contribution in [0.3, 0.4) is 0 Å². The highest BCUT2D eigenvalue weighted by Gasteiger charge is 2.13. The van der Waals surface area contributed by atoms with E-state index in [0.29, 0.717) is 6.04 Å². The summed E-state index contributed by atoms with van der Waals surface area (Å²) in [5.74, 6) is 1.08. The number of fused-ring (bicyclic) bond motifs is 1. The van der Waals surface area contributed by atoms with Crippen LogP contribution in [0.5, 0.6) is 0 Å². The van der Waals surface area contributed by atoms with E-state index >= 15 is 0 Å². The fourth-order valence-electron chi connectivity index (χ4n) is 1.91. The molecule has 4 nitrogen and oxygen atoms in total. The molecule has 0 aliphatic heterocycles. The molecule has 4 heteroatoms. The van der Waals surface area contributed by atoms with Gasteiger partial charge in [0.2, 0.25) is 0 Å². The molecule has 0 atom stereocenters. The van der Waals surface area contributed by atoms with E-state index in [9.17, 15) is 0 Å². The number of pyridine rings is 1. The highest BCUT2D eigenvalue weighted by atomic mass is 15.2. The van der Waals surface area contributed by atoms with Crippen LogP contribution in [0.15, 0.2) is 18.3 Å². The minimum absolute atomic E-state index is 0.384. The monoisotopic (exact) mass is 218 g/mol. The third kappa shape index (κ3) is 1.93. The maximum atomic E-state index is 4.63. The van der Waals surface area contributed by atoms with Crippen molar-refractivity contribution < 1.29 is 0 Å². The number of aromatic nitrogens is 3. The summed E-state index contributed by atoms with van der Waals surface area (Å²) in [6, 6.07) is 4.33. The van der Waals surface area contributed by atoms with Gasteiger partial charge in [0, 0.05) is 12.2 Å². The van der Waals surface area contributed by atoms with E-state index in [1.165, 1.54) is 0 Å². The van der Waals surface area contributed by atoms with E-state index in [1.54, 1.807) is 0 Å². The Balaban J connectivity index is 2.58. The number of hydrogen-bond donors (Lipinski definition) is 0. The zero-order valence-corrected chi connectivity index (χ0v) is 10.3. The van der Waals surface area contributed by atoms with E-state index in [-0.39, 0.29) is 0 Å². The van der Waals surface area contributed by atoms with Gasteiger partial charge >= 0.3 is 0 Å². The van der Waals surface area contributed by atoms with Crippen molar-refractivity contribution in [1.82, 2.24) is 19.4 Å². The molecule has 0 amide bonds. The van der Waals surface area contributed by atoms with Gasteiger partial charge in [0.25, 0.3) is 0 Å².